The highest BCUT2D eigenvalue weighted by Gasteiger charge is 2.26. The Kier molecular flexibility index (Phi) is 6.40. The standard InChI is InChI=1S/C23H30N3O/c1-3-15-26(16-4-2,18-20-10-6-5-7-11-20)17-14-25-19-24-22-13-9-8-12-21(22)23(25)27/h5-13,19H,3-4,14-18H2,1-2H3/q+1. The van der Waals surface area contributed by atoms with E-state index in [0.717, 1.165) is 49.0 Å². The second-order valence-corrected chi connectivity index (χ2v) is 7.42. The predicted octanol–water partition coefficient (Wildman–Crippen LogP) is 4.23. The minimum atomic E-state index is 0.0615. The van der Waals surface area contributed by atoms with Gasteiger partial charge in [0.05, 0.1) is 43.4 Å². The maximum absolute atomic E-state index is 12.8. The molecule has 0 saturated heterocycles. The van der Waals surface area contributed by atoms with E-state index in [4.69, 9.17) is 0 Å². The van der Waals surface area contributed by atoms with Crippen LogP contribution in [0.15, 0.2) is 65.7 Å². The number of para-hydroxylation sites is 1. The van der Waals surface area contributed by atoms with Crippen LogP contribution in [0.4, 0.5) is 0 Å². The molecule has 1 heterocycles. The van der Waals surface area contributed by atoms with E-state index in [9.17, 15) is 4.79 Å². The first-order valence-electron chi connectivity index (χ1n) is 10.0. The van der Waals surface area contributed by atoms with Crippen molar-refractivity contribution in [3.05, 3.63) is 76.8 Å². The highest BCUT2D eigenvalue weighted by Crippen LogP contribution is 2.17. The number of fused-ring (bicyclic) bond motifs is 1. The maximum atomic E-state index is 12.8. The van der Waals surface area contributed by atoms with Crippen molar-refractivity contribution in [1.82, 2.24) is 9.55 Å². The van der Waals surface area contributed by atoms with Gasteiger partial charge in [0.1, 0.15) is 6.54 Å². The fourth-order valence-electron chi connectivity index (χ4n) is 4.08. The fraction of sp³-hybridized carbons (Fsp3) is 0.391. The molecule has 0 atom stereocenters. The van der Waals surface area contributed by atoms with E-state index in [1.165, 1.54) is 5.56 Å². The molecule has 3 rings (SSSR count). The molecule has 0 unspecified atom stereocenters. The number of rotatable bonds is 9. The van der Waals surface area contributed by atoms with Crippen molar-refractivity contribution in [2.75, 3.05) is 19.6 Å². The Balaban J connectivity index is 1.85. The van der Waals surface area contributed by atoms with Crippen LogP contribution in [0, 0.1) is 0 Å². The first-order valence-corrected chi connectivity index (χ1v) is 10.0. The number of hydrogen-bond acceptors (Lipinski definition) is 2. The maximum Gasteiger partial charge on any atom is 0.261 e. The van der Waals surface area contributed by atoms with Crippen molar-refractivity contribution >= 4 is 10.9 Å². The molecule has 0 aliphatic rings. The lowest BCUT2D eigenvalue weighted by Gasteiger charge is -2.39. The molecule has 142 valence electrons. The van der Waals surface area contributed by atoms with E-state index in [2.05, 4.69) is 49.2 Å². The van der Waals surface area contributed by atoms with E-state index in [-0.39, 0.29) is 5.56 Å². The van der Waals surface area contributed by atoms with E-state index in [0.29, 0.717) is 11.9 Å². The second kappa shape index (κ2) is 8.96. The number of hydrogen-bond donors (Lipinski definition) is 0. The average Bonchev–Trinajstić information content (AvgIpc) is 2.69. The molecule has 0 amide bonds. The van der Waals surface area contributed by atoms with Gasteiger partial charge in [-0.3, -0.25) is 9.36 Å². The molecule has 0 fully saturated rings. The van der Waals surface area contributed by atoms with Gasteiger partial charge in [0, 0.05) is 5.56 Å². The lowest BCUT2D eigenvalue weighted by atomic mass is 10.1. The van der Waals surface area contributed by atoms with Gasteiger partial charge < -0.3 is 4.48 Å². The zero-order chi connectivity index (χ0) is 19.1. The Morgan fingerprint density at radius 1 is 0.889 bits per heavy atom. The topological polar surface area (TPSA) is 34.9 Å². The molecule has 0 spiro atoms. The van der Waals surface area contributed by atoms with Gasteiger partial charge in [0.15, 0.2) is 0 Å². The van der Waals surface area contributed by atoms with E-state index >= 15 is 0 Å². The average molecular weight is 365 g/mol. The molecule has 0 radical (unpaired) electrons. The van der Waals surface area contributed by atoms with Crippen LogP contribution in [-0.4, -0.2) is 33.7 Å². The van der Waals surface area contributed by atoms with Crippen molar-refractivity contribution < 1.29 is 4.48 Å². The summed E-state index contributed by atoms with van der Waals surface area (Å²) < 4.78 is 2.79. The summed E-state index contributed by atoms with van der Waals surface area (Å²) in [6, 6.07) is 18.3. The van der Waals surface area contributed by atoms with Crippen molar-refractivity contribution in [2.45, 2.75) is 39.8 Å². The minimum Gasteiger partial charge on any atom is -0.318 e. The van der Waals surface area contributed by atoms with Crippen LogP contribution >= 0.6 is 0 Å². The molecule has 3 aromatic rings. The first-order chi connectivity index (χ1) is 13.2. The molecular weight excluding hydrogens is 334 g/mol. The van der Waals surface area contributed by atoms with Crippen LogP contribution in [0.25, 0.3) is 10.9 Å². The Labute approximate surface area is 161 Å². The summed E-state index contributed by atoms with van der Waals surface area (Å²) in [5.41, 5.74) is 2.20. The van der Waals surface area contributed by atoms with Gasteiger partial charge in [-0.25, -0.2) is 4.98 Å². The van der Waals surface area contributed by atoms with Gasteiger partial charge in [-0.2, -0.15) is 0 Å². The normalized spacial score (nSPS) is 11.8. The third-order valence-electron chi connectivity index (χ3n) is 5.30. The highest BCUT2D eigenvalue weighted by atomic mass is 16.1. The third kappa shape index (κ3) is 4.64. The number of nitrogens with zero attached hydrogens (tertiary/aromatic N) is 3. The van der Waals surface area contributed by atoms with Crippen LogP contribution in [0.5, 0.6) is 0 Å². The summed E-state index contributed by atoms with van der Waals surface area (Å²) in [4.78, 5) is 17.3. The summed E-state index contributed by atoms with van der Waals surface area (Å²) in [7, 11) is 0. The number of aromatic nitrogens is 2. The summed E-state index contributed by atoms with van der Waals surface area (Å²) >= 11 is 0. The summed E-state index contributed by atoms with van der Waals surface area (Å²) in [6.45, 7) is 9.39. The second-order valence-electron chi connectivity index (χ2n) is 7.42. The predicted molar refractivity (Wildman–Crippen MR) is 112 cm³/mol. The van der Waals surface area contributed by atoms with Gasteiger partial charge in [0.2, 0.25) is 0 Å². The monoisotopic (exact) mass is 364 g/mol. The Morgan fingerprint density at radius 2 is 1.56 bits per heavy atom. The molecule has 0 aliphatic heterocycles. The molecule has 27 heavy (non-hydrogen) atoms. The largest absolute Gasteiger partial charge is 0.318 e. The molecule has 2 aromatic carbocycles. The van der Waals surface area contributed by atoms with Crippen LogP contribution in [-0.2, 0) is 13.1 Å². The molecule has 4 heteroatoms. The van der Waals surface area contributed by atoms with Gasteiger partial charge in [0.25, 0.3) is 5.56 Å². The Hall–Kier alpha value is -2.46. The van der Waals surface area contributed by atoms with Crippen LogP contribution in [0.2, 0.25) is 0 Å². The SMILES string of the molecule is CCC[N+](CCC)(CCn1cnc2ccccc2c1=O)Cc1ccccc1. The lowest BCUT2D eigenvalue weighted by molar-refractivity contribution is -0.941. The molecule has 0 N–H and O–H groups in total. The van der Waals surface area contributed by atoms with Crippen molar-refractivity contribution in [2.24, 2.45) is 0 Å². The van der Waals surface area contributed by atoms with Crippen LogP contribution in [0.3, 0.4) is 0 Å². The minimum absolute atomic E-state index is 0.0615. The molecule has 0 aliphatic carbocycles. The molecule has 1 aromatic heterocycles. The summed E-state index contributed by atoms with van der Waals surface area (Å²) in [5.74, 6) is 0. The third-order valence-corrected chi connectivity index (χ3v) is 5.30. The number of benzene rings is 2. The number of quaternary nitrogens is 1. The van der Waals surface area contributed by atoms with E-state index in [1.54, 1.807) is 10.9 Å². The summed E-state index contributed by atoms with van der Waals surface area (Å²) in [6.07, 6.45) is 3.98. The molecular formula is C23H30N3O+. The molecule has 0 saturated carbocycles. The highest BCUT2D eigenvalue weighted by molar-refractivity contribution is 5.76. The Bertz CT molecular complexity index is 912. The van der Waals surface area contributed by atoms with E-state index < -0.39 is 0 Å². The smallest absolute Gasteiger partial charge is 0.261 e. The van der Waals surface area contributed by atoms with E-state index in [1.807, 2.05) is 24.3 Å². The summed E-state index contributed by atoms with van der Waals surface area (Å²) in [5, 5.41) is 0.701. The van der Waals surface area contributed by atoms with Gasteiger partial charge >= 0.3 is 0 Å². The first kappa shape index (κ1) is 19.3. The lowest BCUT2D eigenvalue weighted by Crippen LogP contribution is -2.50. The molecule has 4 nitrogen and oxygen atoms in total. The van der Waals surface area contributed by atoms with Crippen molar-refractivity contribution in [3.63, 3.8) is 0 Å². The van der Waals surface area contributed by atoms with Gasteiger partial charge in [-0.1, -0.05) is 56.3 Å². The van der Waals surface area contributed by atoms with Crippen LogP contribution < -0.4 is 5.56 Å². The zero-order valence-corrected chi connectivity index (χ0v) is 16.5. The zero-order valence-electron chi connectivity index (χ0n) is 16.5. The quantitative estimate of drug-likeness (QED) is 0.533. The van der Waals surface area contributed by atoms with Crippen LogP contribution in [0.1, 0.15) is 32.3 Å². The molecule has 0 bridgehead atoms. The van der Waals surface area contributed by atoms with Gasteiger partial charge in [-0.05, 0) is 25.0 Å². The van der Waals surface area contributed by atoms with Crippen molar-refractivity contribution in [3.8, 4) is 0 Å². The van der Waals surface area contributed by atoms with Crippen molar-refractivity contribution in [1.29, 1.82) is 0 Å². The fourth-order valence-corrected chi connectivity index (χ4v) is 4.08. The Morgan fingerprint density at radius 3 is 2.26 bits per heavy atom. The van der Waals surface area contributed by atoms with Gasteiger partial charge in [-0.15, -0.1) is 0 Å².